The molecule has 1 heterocycles. The average molecular weight is 299 g/mol. The van der Waals surface area contributed by atoms with E-state index in [1.807, 2.05) is 0 Å². The summed E-state index contributed by atoms with van der Waals surface area (Å²) >= 11 is 0. The molecule has 0 spiro atoms. The van der Waals surface area contributed by atoms with E-state index in [1.165, 1.54) is 4.90 Å². The van der Waals surface area contributed by atoms with Crippen LogP contribution in [0.5, 0.6) is 0 Å². The highest BCUT2D eigenvalue weighted by atomic mass is 16.4. The van der Waals surface area contributed by atoms with Crippen LogP contribution in [0.2, 0.25) is 0 Å². The minimum atomic E-state index is -0.896. The lowest BCUT2D eigenvalue weighted by Gasteiger charge is -2.19. The summed E-state index contributed by atoms with van der Waals surface area (Å²) in [6.07, 6.45) is 3.10. The van der Waals surface area contributed by atoms with Crippen LogP contribution in [0, 0.1) is 23.7 Å². The molecule has 1 saturated heterocycles. The van der Waals surface area contributed by atoms with Crippen LogP contribution >= 0.6 is 0 Å². The van der Waals surface area contributed by atoms with E-state index in [-0.39, 0.29) is 30.1 Å². The Morgan fingerprint density at radius 2 is 1.59 bits per heavy atom. The number of aliphatic carboxylic acids is 1. The second-order valence-electron chi connectivity index (χ2n) is 6.63. The second kappa shape index (κ2) is 4.66. The van der Waals surface area contributed by atoms with Gasteiger partial charge in [0.1, 0.15) is 0 Å². The fraction of sp³-hybridized carbons (Fsp3) is 0.471. The fourth-order valence-electron chi connectivity index (χ4n) is 4.60. The zero-order valence-corrected chi connectivity index (χ0v) is 12.1. The molecule has 22 heavy (non-hydrogen) atoms. The van der Waals surface area contributed by atoms with Gasteiger partial charge in [-0.25, -0.2) is 0 Å². The van der Waals surface area contributed by atoms with Crippen molar-refractivity contribution in [1.29, 1.82) is 0 Å². The Morgan fingerprint density at radius 1 is 1.05 bits per heavy atom. The number of carboxylic acids is 1. The molecule has 2 saturated carbocycles. The Bertz CT molecular complexity index is 638. The van der Waals surface area contributed by atoms with Crippen molar-refractivity contribution in [2.24, 2.45) is 23.7 Å². The normalized spacial score (nSPS) is 32.6. The minimum absolute atomic E-state index is 0.0580. The summed E-state index contributed by atoms with van der Waals surface area (Å²) in [6, 6.07) is 6.70. The summed E-state index contributed by atoms with van der Waals surface area (Å²) in [5, 5.41) is 8.79. The average Bonchev–Trinajstić information content (AvgIpc) is 3.14. The van der Waals surface area contributed by atoms with Gasteiger partial charge in [-0.05, 0) is 48.8 Å². The van der Waals surface area contributed by atoms with Gasteiger partial charge in [0.05, 0.1) is 23.9 Å². The monoisotopic (exact) mass is 299 g/mol. The third kappa shape index (κ3) is 1.81. The molecule has 3 fully saturated rings. The number of carbonyl (C=O) groups excluding carboxylic acids is 2. The van der Waals surface area contributed by atoms with Gasteiger partial charge in [-0.3, -0.25) is 19.3 Å². The van der Waals surface area contributed by atoms with Gasteiger partial charge in [0.15, 0.2) is 0 Å². The number of rotatable bonds is 3. The van der Waals surface area contributed by atoms with Crippen molar-refractivity contribution in [2.45, 2.75) is 25.7 Å². The third-order valence-electron chi connectivity index (χ3n) is 5.48. The van der Waals surface area contributed by atoms with Crippen molar-refractivity contribution >= 4 is 23.5 Å². The molecule has 2 bridgehead atoms. The van der Waals surface area contributed by atoms with Crippen molar-refractivity contribution in [3.63, 3.8) is 0 Å². The van der Waals surface area contributed by atoms with Crippen LogP contribution in [0.1, 0.15) is 24.8 Å². The first kappa shape index (κ1) is 13.5. The molecule has 114 valence electrons. The Kier molecular flexibility index (Phi) is 2.86. The largest absolute Gasteiger partial charge is 0.481 e. The van der Waals surface area contributed by atoms with Gasteiger partial charge in [-0.2, -0.15) is 0 Å². The van der Waals surface area contributed by atoms with Crippen molar-refractivity contribution in [2.75, 3.05) is 4.90 Å². The van der Waals surface area contributed by atoms with E-state index in [0.717, 1.165) is 19.3 Å². The molecule has 1 N–H and O–H groups in total. The van der Waals surface area contributed by atoms with Gasteiger partial charge in [0.25, 0.3) is 0 Å². The first-order valence-corrected chi connectivity index (χ1v) is 7.75. The highest BCUT2D eigenvalue weighted by Gasteiger charge is 2.61. The lowest BCUT2D eigenvalue weighted by Crippen LogP contribution is -2.32. The van der Waals surface area contributed by atoms with Crippen molar-refractivity contribution in [3.05, 3.63) is 29.8 Å². The first-order chi connectivity index (χ1) is 10.6. The number of fused-ring (bicyclic) bond motifs is 5. The second-order valence-corrected chi connectivity index (χ2v) is 6.63. The van der Waals surface area contributed by atoms with E-state index in [1.54, 1.807) is 24.3 Å². The summed E-state index contributed by atoms with van der Waals surface area (Å²) < 4.78 is 0. The Hall–Kier alpha value is -2.17. The quantitative estimate of drug-likeness (QED) is 0.864. The SMILES string of the molecule is O=C(O)Cc1ccc(N2C(=O)[C@H]3[C@H]4CC[C@@H](C4)[C@@H]3C2=O)cc1. The number of benzene rings is 1. The van der Waals surface area contributed by atoms with Gasteiger partial charge in [0.2, 0.25) is 11.8 Å². The summed E-state index contributed by atoms with van der Waals surface area (Å²) in [5.74, 6) is -0.506. The highest BCUT2D eigenvalue weighted by Crippen LogP contribution is 2.56. The molecule has 1 aliphatic heterocycles. The first-order valence-electron chi connectivity index (χ1n) is 7.75. The van der Waals surface area contributed by atoms with E-state index in [9.17, 15) is 14.4 Å². The number of imide groups is 1. The molecule has 3 aliphatic rings. The lowest BCUT2D eigenvalue weighted by molar-refractivity contribution is -0.136. The maximum Gasteiger partial charge on any atom is 0.307 e. The number of carboxylic acid groups (broad SMARTS) is 1. The van der Waals surface area contributed by atoms with Crippen LogP contribution in [0.15, 0.2) is 24.3 Å². The van der Waals surface area contributed by atoms with Crippen molar-refractivity contribution in [3.8, 4) is 0 Å². The number of hydrogen-bond acceptors (Lipinski definition) is 3. The number of amides is 2. The van der Waals surface area contributed by atoms with E-state index in [0.29, 0.717) is 23.1 Å². The van der Waals surface area contributed by atoms with E-state index in [2.05, 4.69) is 0 Å². The maximum absolute atomic E-state index is 12.7. The predicted octanol–water partition coefficient (Wildman–Crippen LogP) is 1.85. The number of hydrogen-bond donors (Lipinski definition) is 1. The molecule has 5 heteroatoms. The third-order valence-corrected chi connectivity index (χ3v) is 5.48. The fourth-order valence-corrected chi connectivity index (χ4v) is 4.60. The zero-order valence-electron chi connectivity index (χ0n) is 12.1. The van der Waals surface area contributed by atoms with Crippen LogP contribution in [-0.2, 0) is 20.8 Å². The topological polar surface area (TPSA) is 74.7 Å². The molecule has 0 aromatic heterocycles. The standard InChI is InChI=1S/C17H17NO4/c19-13(20)7-9-1-5-12(6-2-9)18-16(21)14-10-3-4-11(8-10)15(14)17(18)22/h1-2,5-6,10-11,14-15H,3-4,7-8H2,(H,19,20)/t10-,11-,14-,15-/m0/s1. The summed E-state index contributed by atoms with van der Waals surface area (Å²) in [7, 11) is 0. The molecule has 4 atom stereocenters. The molecule has 1 aromatic rings. The molecule has 2 amide bonds. The van der Waals surface area contributed by atoms with Crippen molar-refractivity contribution < 1.29 is 19.5 Å². The lowest BCUT2D eigenvalue weighted by atomic mass is 9.81. The van der Waals surface area contributed by atoms with Crippen LogP contribution in [0.3, 0.4) is 0 Å². The summed E-state index contributed by atoms with van der Waals surface area (Å²) in [5.41, 5.74) is 1.23. The maximum atomic E-state index is 12.7. The smallest absolute Gasteiger partial charge is 0.307 e. The van der Waals surface area contributed by atoms with Gasteiger partial charge < -0.3 is 5.11 Å². The molecule has 0 unspecified atom stereocenters. The Morgan fingerprint density at radius 3 is 2.09 bits per heavy atom. The molecule has 2 aliphatic carbocycles. The Labute approximate surface area is 127 Å². The molecule has 1 aromatic carbocycles. The number of nitrogens with zero attached hydrogens (tertiary/aromatic N) is 1. The van der Waals surface area contributed by atoms with Gasteiger partial charge in [-0.1, -0.05) is 12.1 Å². The molecule has 4 rings (SSSR count). The minimum Gasteiger partial charge on any atom is -0.481 e. The van der Waals surface area contributed by atoms with Crippen LogP contribution in [0.25, 0.3) is 0 Å². The summed E-state index contributed by atoms with van der Waals surface area (Å²) in [6.45, 7) is 0. The zero-order chi connectivity index (χ0) is 15.4. The summed E-state index contributed by atoms with van der Waals surface area (Å²) in [4.78, 5) is 37.4. The van der Waals surface area contributed by atoms with Crippen LogP contribution in [0.4, 0.5) is 5.69 Å². The molecular formula is C17H17NO4. The van der Waals surface area contributed by atoms with Crippen molar-refractivity contribution in [1.82, 2.24) is 0 Å². The van der Waals surface area contributed by atoms with Gasteiger partial charge >= 0.3 is 5.97 Å². The number of carbonyl (C=O) groups is 3. The number of anilines is 1. The molecule has 5 nitrogen and oxygen atoms in total. The Balaban J connectivity index is 1.62. The van der Waals surface area contributed by atoms with Gasteiger partial charge in [0, 0.05) is 0 Å². The van der Waals surface area contributed by atoms with E-state index < -0.39 is 5.97 Å². The predicted molar refractivity (Wildman–Crippen MR) is 78.1 cm³/mol. The van der Waals surface area contributed by atoms with Gasteiger partial charge in [-0.15, -0.1) is 0 Å². The van der Waals surface area contributed by atoms with E-state index in [4.69, 9.17) is 5.11 Å². The molecular weight excluding hydrogens is 282 g/mol. The van der Waals surface area contributed by atoms with E-state index >= 15 is 0 Å². The van der Waals surface area contributed by atoms with Crippen LogP contribution in [-0.4, -0.2) is 22.9 Å². The highest BCUT2D eigenvalue weighted by molar-refractivity contribution is 6.22. The molecule has 0 radical (unpaired) electrons. The van der Waals surface area contributed by atoms with Crippen LogP contribution < -0.4 is 4.90 Å².